The molecule has 0 amide bonds. The van der Waals surface area contributed by atoms with Crippen molar-refractivity contribution in [2.24, 2.45) is 0 Å². The SMILES string of the molecule is OC[C@H]1S[C@H](F)[C@H](O)[C@@H](O)[C@@H]1O. The quantitative estimate of drug-likeness (QED) is 0.411. The van der Waals surface area contributed by atoms with Gasteiger partial charge >= 0.3 is 0 Å². The molecule has 1 fully saturated rings. The fraction of sp³-hybridized carbons (Fsp3) is 1.00. The number of thioether (sulfide) groups is 1. The standard InChI is InChI=1S/C6H11FO4S/c7-6-5(11)4(10)3(9)2(1-8)12-6/h2-6,8-11H,1H2/t2-,3-,4+,5-,6+/m1/s1. The third-order valence-electron chi connectivity index (χ3n) is 1.83. The van der Waals surface area contributed by atoms with Crippen LogP contribution in [0.3, 0.4) is 0 Å². The molecule has 12 heavy (non-hydrogen) atoms. The Hall–Kier alpha value is 0.120. The van der Waals surface area contributed by atoms with Crippen molar-refractivity contribution in [3.05, 3.63) is 0 Å². The Bertz CT molecular complexity index is 154. The van der Waals surface area contributed by atoms with Crippen molar-refractivity contribution in [2.75, 3.05) is 6.61 Å². The van der Waals surface area contributed by atoms with E-state index in [-0.39, 0.29) is 0 Å². The van der Waals surface area contributed by atoms with E-state index in [4.69, 9.17) is 20.4 Å². The Kier molecular flexibility index (Phi) is 3.30. The lowest BCUT2D eigenvalue weighted by Gasteiger charge is -2.35. The minimum Gasteiger partial charge on any atom is -0.395 e. The van der Waals surface area contributed by atoms with E-state index in [1.165, 1.54) is 0 Å². The lowest BCUT2D eigenvalue weighted by molar-refractivity contribution is -0.0828. The molecule has 0 aliphatic carbocycles. The Morgan fingerprint density at radius 3 is 2.17 bits per heavy atom. The van der Waals surface area contributed by atoms with E-state index in [2.05, 4.69) is 0 Å². The Labute approximate surface area is 73.0 Å². The predicted octanol–water partition coefficient (Wildman–Crippen LogP) is -1.53. The van der Waals surface area contributed by atoms with Gasteiger partial charge in [-0.05, 0) is 0 Å². The van der Waals surface area contributed by atoms with E-state index in [0.717, 1.165) is 0 Å². The molecule has 1 rings (SSSR count). The fourth-order valence-corrected chi connectivity index (χ4v) is 2.12. The largest absolute Gasteiger partial charge is 0.395 e. The van der Waals surface area contributed by atoms with Gasteiger partial charge in [-0.1, -0.05) is 0 Å². The van der Waals surface area contributed by atoms with Gasteiger partial charge in [0.2, 0.25) is 0 Å². The number of rotatable bonds is 1. The molecule has 0 radical (unpaired) electrons. The molecule has 1 aliphatic rings. The second kappa shape index (κ2) is 3.89. The number of hydrogen-bond acceptors (Lipinski definition) is 5. The number of aliphatic hydroxyl groups excluding tert-OH is 4. The number of alkyl halides is 1. The monoisotopic (exact) mass is 198 g/mol. The molecule has 1 aliphatic heterocycles. The van der Waals surface area contributed by atoms with Crippen molar-refractivity contribution >= 4 is 11.8 Å². The van der Waals surface area contributed by atoms with Crippen molar-refractivity contribution in [1.29, 1.82) is 0 Å². The minimum absolute atomic E-state index is 0.421. The van der Waals surface area contributed by atoms with E-state index in [1.54, 1.807) is 0 Å². The van der Waals surface area contributed by atoms with Crippen LogP contribution in [0.5, 0.6) is 0 Å². The third kappa shape index (κ3) is 1.72. The smallest absolute Gasteiger partial charge is 0.174 e. The maximum absolute atomic E-state index is 12.8. The number of aliphatic hydroxyl groups is 4. The van der Waals surface area contributed by atoms with E-state index in [1.807, 2.05) is 0 Å². The molecule has 72 valence electrons. The van der Waals surface area contributed by atoms with Gasteiger partial charge in [-0.25, -0.2) is 4.39 Å². The summed E-state index contributed by atoms with van der Waals surface area (Å²) in [4.78, 5) is 0. The molecular weight excluding hydrogens is 187 g/mol. The Morgan fingerprint density at radius 1 is 1.08 bits per heavy atom. The molecule has 1 saturated heterocycles. The second-order valence-electron chi connectivity index (χ2n) is 2.68. The van der Waals surface area contributed by atoms with Gasteiger partial charge in [0.15, 0.2) is 5.50 Å². The van der Waals surface area contributed by atoms with Gasteiger partial charge in [0.05, 0.1) is 18.0 Å². The summed E-state index contributed by atoms with van der Waals surface area (Å²) in [6.45, 7) is -0.421. The zero-order chi connectivity index (χ0) is 9.30. The summed E-state index contributed by atoms with van der Waals surface area (Å²) >= 11 is 0.630. The number of hydrogen-bond donors (Lipinski definition) is 4. The summed E-state index contributed by atoms with van der Waals surface area (Å²) in [7, 11) is 0. The van der Waals surface area contributed by atoms with E-state index in [0.29, 0.717) is 11.8 Å². The van der Waals surface area contributed by atoms with Gasteiger partial charge < -0.3 is 20.4 Å². The average molecular weight is 198 g/mol. The first-order chi connectivity index (χ1) is 5.57. The highest BCUT2D eigenvalue weighted by Crippen LogP contribution is 2.33. The van der Waals surface area contributed by atoms with Crippen molar-refractivity contribution in [2.45, 2.75) is 29.1 Å². The highest BCUT2D eigenvalue weighted by molar-refractivity contribution is 8.00. The van der Waals surface area contributed by atoms with Crippen LogP contribution in [0.4, 0.5) is 4.39 Å². The van der Waals surface area contributed by atoms with E-state index in [9.17, 15) is 4.39 Å². The third-order valence-corrected chi connectivity index (χ3v) is 3.15. The van der Waals surface area contributed by atoms with Crippen LogP contribution in [0.25, 0.3) is 0 Å². The van der Waals surface area contributed by atoms with Crippen LogP contribution in [-0.4, -0.2) is 56.1 Å². The zero-order valence-electron chi connectivity index (χ0n) is 6.17. The number of halogens is 1. The lowest BCUT2D eigenvalue weighted by Crippen LogP contribution is -2.52. The Morgan fingerprint density at radius 2 is 1.67 bits per heavy atom. The summed E-state index contributed by atoms with van der Waals surface area (Å²) in [5, 5.41) is 35.0. The molecule has 6 heteroatoms. The molecule has 0 aromatic heterocycles. The first-order valence-corrected chi connectivity index (χ1v) is 4.46. The molecule has 5 atom stereocenters. The zero-order valence-corrected chi connectivity index (χ0v) is 6.99. The highest BCUT2D eigenvalue weighted by Gasteiger charge is 2.43. The normalized spacial score (nSPS) is 49.2. The first-order valence-electron chi connectivity index (χ1n) is 3.52. The summed E-state index contributed by atoms with van der Waals surface area (Å²) in [5.41, 5.74) is -1.65. The van der Waals surface area contributed by atoms with Gasteiger partial charge in [0, 0.05) is 0 Å². The molecule has 4 nitrogen and oxygen atoms in total. The average Bonchev–Trinajstić information content (AvgIpc) is 2.08. The van der Waals surface area contributed by atoms with Crippen LogP contribution in [-0.2, 0) is 0 Å². The lowest BCUT2D eigenvalue weighted by atomic mass is 10.1. The molecule has 0 bridgehead atoms. The topological polar surface area (TPSA) is 80.9 Å². The molecule has 0 aromatic carbocycles. The summed E-state index contributed by atoms with van der Waals surface area (Å²) in [5.74, 6) is 0. The van der Waals surface area contributed by atoms with E-state index < -0.39 is 35.7 Å². The van der Waals surface area contributed by atoms with Gasteiger partial charge in [-0.2, -0.15) is 0 Å². The second-order valence-corrected chi connectivity index (χ2v) is 4.01. The van der Waals surface area contributed by atoms with Gasteiger partial charge in [-0.3, -0.25) is 0 Å². The van der Waals surface area contributed by atoms with Crippen molar-refractivity contribution in [1.82, 2.24) is 0 Å². The van der Waals surface area contributed by atoms with Crippen LogP contribution in [0.2, 0.25) is 0 Å². The van der Waals surface area contributed by atoms with Crippen molar-refractivity contribution in [3.8, 4) is 0 Å². The van der Waals surface area contributed by atoms with Crippen LogP contribution in [0.15, 0.2) is 0 Å². The summed E-state index contributed by atoms with van der Waals surface area (Å²) in [6, 6.07) is 0. The summed E-state index contributed by atoms with van der Waals surface area (Å²) in [6.07, 6.45) is -4.37. The van der Waals surface area contributed by atoms with Gasteiger partial charge in [0.25, 0.3) is 0 Å². The fourth-order valence-electron chi connectivity index (χ4n) is 1.06. The maximum Gasteiger partial charge on any atom is 0.174 e. The van der Waals surface area contributed by atoms with Crippen LogP contribution < -0.4 is 0 Å². The van der Waals surface area contributed by atoms with Crippen molar-refractivity contribution in [3.63, 3.8) is 0 Å². The Balaban J connectivity index is 2.63. The molecule has 4 N–H and O–H groups in total. The molecule has 0 unspecified atom stereocenters. The predicted molar refractivity (Wildman–Crippen MR) is 41.4 cm³/mol. The molecule has 1 heterocycles. The first kappa shape index (κ1) is 10.2. The molecule has 0 saturated carbocycles. The van der Waals surface area contributed by atoms with Crippen molar-refractivity contribution < 1.29 is 24.8 Å². The summed E-state index contributed by atoms with van der Waals surface area (Å²) < 4.78 is 12.8. The molecule has 0 aromatic rings. The van der Waals surface area contributed by atoms with Gasteiger partial charge in [-0.15, -0.1) is 11.8 Å². The van der Waals surface area contributed by atoms with E-state index >= 15 is 0 Å². The minimum atomic E-state index is -1.65. The van der Waals surface area contributed by atoms with Gasteiger partial charge in [0.1, 0.15) is 12.2 Å². The highest BCUT2D eigenvalue weighted by atomic mass is 32.2. The maximum atomic E-state index is 12.8. The molecular formula is C6H11FO4S. The molecule has 0 spiro atoms. The van der Waals surface area contributed by atoms with Crippen LogP contribution >= 0.6 is 11.8 Å². The van der Waals surface area contributed by atoms with Crippen LogP contribution in [0.1, 0.15) is 0 Å². The van der Waals surface area contributed by atoms with Crippen LogP contribution in [0, 0.1) is 0 Å².